The summed E-state index contributed by atoms with van der Waals surface area (Å²) in [5.41, 5.74) is 0.0394. The normalized spacial score (nSPS) is 10.0. The van der Waals surface area contributed by atoms with Crippen LogP contribution in [0.15, 0.2) is 6.07 Å². The molecular weight excluding hydrogens is 138 g/mol. The predicted molar refractivity (Wildman–Crippen MR) is 33.0 cm³/mol. The van der Waals surface area contributed by atoms with E-state index in [9.17, 15) is 4.39 Å². The number of nitrogens with zero attached hydrogens (tertiary/aromatic N) is 2. The molecule has 54 valence electrons. The van der Waals surface area contributed by atoms with Gasteiger partial charge in [0.05, 0.1) is 5.59 Å². The number of rotatable bonds is 1. The van der Waals surface area contributed by atoms with Gasteiger partial charge in [-0.25, -0.2) is 0 Å². The molecule has 0 aliphatic rings. The molecule has 0 atom stereocenters. The fourth-order valence-electron chi connectivity index (χ4n) is 0.687. The standard InChI is InChI=1S/C4H6BFN2O2/c1-8-3(5(9)10)2-4(6)7-8/h2,9-10H,1H3. The maximum atomic E-state index is 12.2. The third kappa shape index (κ3) is 1.17. The molecule has 0 unspecified atom stereocenters. The predicted octanol–water partition coefficient (Wildman–Crippen LogP) is -1.76. The first-order valence-electron chi connectivity index (χ1n) is 2.67. The molecule has 0 bridgehead atoms. The largest absolute Gasteiger partial charge is 0.507 e. The third-order valence-corrected chi connectivity index (χ3v) is 1.15. The Morgan fingerprint density at radius 1 is 1.70 bits per heavy atom. The first-order chi connectivity index (χ1) is 4.61. The van der Waals surface area contributed by atoms with E-state index in [0.717, 1.165) is 10.7 Å². The van der Waals surface area contributed by atoms with Crippen LogP contribution in [0.4, 0.5) is 4.39 Å². The Morgan fingerprint density at radius 2 is 2.30 bits per heavy atom. The van der Waals surface area contributed by atoms with E-state index in [0.29, 0.717) is 0 Å². The number of aromatic nitrogens is 2. The summed E-state index contributed by atoms with van der Waals surface area (Å²) in [5.74, 6) is -0.717. The summed E-state index contributed by atoms with van der Waals surface area (Å²) in [6.45, 7) is 0. The Hall–Kier alpha value is -0.875. The molecule has 0 radical (unpaired) electrons. The first kappa shape index (κ1) is 7.23. The Balaban J connectivity index is 3.03. The van der Waals surface area contributed by atoms with Crippen LogP contribution in [0.2, 0.25) is 0 Å². The number of halogens is 1. The van der Waals surface area contributed by atoms with Crippen LogP contribution in [-0.4, -0.2) is 26.9 Å². The van der Waals surface area contributed by atoms with Gasteiger partial charge in [0.2, 0.25) is 5.95 Å². The molecule has 1 heterocycles. The molecule has 0 saturated heterocycles. The highest BCUT2D eigenvalue weighted by Crippen LogP contribution is 1.87. The van der Waals surface area contributed by atoms with Crippen molar-refractivity contribution in [3.05, 3.63) is 12.0 Å². The molecular formula is C4H6BFN2O2. The van der Waals surface area contributed by atoms with E-state index < -0.39 is 13.1 Å². The molecule has 10 heavy (non-hydrogen) atoms. The third-order valence-electron chi connectivity index (χ3n) is 1.15. The highest BCUT2D eigenvalue weighted by Gasteiger charge is 2.16. The van der Waals surface area contributed by atoms with Crippen molar-refractivity contribution in [3.8, 4) is 0 Å². The average molecular weight is 144 g/mol. The second-order valence-corrected chi connectivity index (χ2v) is 1.89. The van der Waals surface area contributed by atoms with Gasteiger partial charge in [-0.2, -0.15) is 4.39 Å². The number of aryl methyl sites for hydroxylation is 1. The average Bonchev–Trinajstić information content (AvgIpc) is 2.10. The topological polar surface area (TPSA) is 58.3 Å². The molecule has 0 aliphatic heterocycles. The minimum absolute atomic E-state index is 0.0394. The lowest BCUT2D eigenvalue weighted by molar-refractivity contribution is 0.421. The zero-order valence-corrected chi connectivity index (χ0v) is 5.32. The molecule has 1 rings (SSSR count). The highest BCUT2D eigenvalue weighted by atomic mass is 19.1. The first-order valence-corrected chi connectivity index (χ1v) is 2.67. The highest BCUT2D eigenvalue weighted by molar-refractivity contribution is 6.57. The quantitative estimate of drug-likeness (QED) is 0.459. The second kappa shape index (κ2) is 2.39. The van der Waals surface area contributed by atoms with Gasteiger partial charge in [0.15, 0.2) is 0 Å². The van der Waals surface area contributed by atoms with Crippen molar-refractivity contribution in [3.63, 3.8) is 0 Å². The van der Waals surface area contributed by atoms with E-state index in [-0.39, 0.29) is 5.59 Å². The van der Waals surface area contributed by atoms with E-state index in [1.165, 1.54) is 7.05 Å². The van der Waals surface area contributed by atoms with Gasteiger partial charge in [-0.05, 0) is 0 Å². The number of hydrogen-bond acceptors (Lipinski definition) is 3. The smallest absolute Gasteiger partial charge is 0.422 e. The van der Waals surface area contributed by atoms with Crippen molar-refractivity contribution in [1.29, 1.82) is 0 Å². The summed E-state index contributed by atoms with van der Waals surface area (Å²) < 4.78 is 13.3. The van der Waals surface area contributed by atoms with Gasteiger partial charge in [0, 0.05) is 13.1 Å². The van der Waals surface area contributed by atoms with Crippen LogP contribution in [0.25, 0.3) is 0 Å². The Kier molecular flexibility index (Phi) is 1.73. The molecule has 0 spiro atoms. The van der Waals surface area contributed by atoms with Gasteiger partial charge in [0.25, 0.3) is 0 Å². The van der Waals surface area contributed by atoms with Gasteiger partial charge in [-0.3, -0.25) is 4.68 Å². The van der Waals surface area contributed by atoms with Crippen LogP contribution in [0, 0.1) is 5.95 Å². The van der Waals surface area contributed by atoms with Crippen LogP contribution in [0.5, 0.6) is 0 Å². The summed E-state index contributed by atoms with van der Waals surface area (Å²) in [6.07, 6.45) is 0. The van der Waals surface area contributed by atoms with Gasteiger partial charge in [0.1, 0.15) is 0 Å². The molecule has 0 aromatic carbocycles. The van der Waals surface area contributed by atoms with Crippen LogP contribution >= 0.6 is 0 Å². The zero-order chi connectivity index (χ0) is 7.72. The van der Waals surface area contributed by atoms with Crippen molar-refractivity contribution in [2.45, 2.75) is 0 Å². The van der Waals surface area contributed by atoms with Crippen molar-refractivity contribution in [1.82, 2.24) is 9.78 Å². The minimum atomic E-state index is -1.66. The molecule has 1 aromatic heterocycles. The Morgan fingerprint density at radius 3 is 2.50 bits per heavy atom. The van der Waals surface area contributed by atoms with Gasteiger partial charge < -0.3 is 10.0 Å². The van der Waals surface area contributed by atoms with E-state index >= 15 is 0 Å². The van der Waals surface area contributed by atoms with Crippen molar-refractivity contribution < 1.29 is 14.4 Å². The molecule has 6 heteroatoms. The van der Waals surface area contributed by atoms with Gasteiger partial charge in [-0.15, -0.1) is 5.10 Å². The maximum absolute atomic E-state index is 12.2. The molecule has 0 fully saturated rings. The van der Waals surface area contributed by atoms with Gasteiger partial charge >= 0.3 is 7.12 Å². The molecule has 0 aliphatic carbocycles. The van der Waals surface area contributed by atoms with E-state index in [1.54, 1.807) is 0 Å². The fourth-order valence-corrected chi connectivity index (χ4v) is 0.687. The maximum Gasteiger partial charge on any atom is 0.507 e. The van der Waals surface area contributed by atoms with Crippen molar-refractivity contribution in [2.75, 3.05) is 0 Å². The Bertz CT molecular complexity index is 237. The summed E-state index contributed by atoms with van der Waals surface area (Å²) in [4.78, 5) is 0. The SMILES string of the molecule is Cn1nc(F)cc1B(O)O. The van der Waals surface area contributed by atoms with Crippen LogP contribution in [-0.2, 0) is 7.05 Å². The summed E-state index contributed by atoms with van der Waals surface area (Å²) in [7, 11) is -0.236. The fraction of sp³-hybridized carbons (Fsp3) is 0.250. The number of hydrogen-bond donors (Lipinski definition) is 2. The summed E-state index contributed by atoms with van der Waals surface area (Å²) in [5, 5.41) is 20.4. The monoisotopic (exact) mass is 144 g/mol. The van der Waals surface area contributed by atoms with E-state index in [4.69, 9.17) is 10.0 Å². The zero-order valence-electron chi connectivity index (χ0n) is 5.32. The molecule has 1 aromatic rings. The van der Waals surface area contributed by atoms with Crippen LogP contribution < -0.4 is 5.59 Å². The summed E-state index contributed by atoms with van der Waals surface area (Å²) >= 11 is 0. The van der Waals surface area contributed by atoms with E-state index in [1.807, 2.05) is 0 Å². The van der Waals surface area contributed by atoms with Crippen molar-refractivity contribution >= 4 is 12.7 Å². The van der Waals surface area contributed by atoms with Crippen LogP contribution in [0.3, 0.4) is 0 Å². The summed E-state index contributed by atoms with van der Waals surface area (Å²) in [6, 6.07) is 0.963. The molecule has 2 N–H and O–H groups in total. The molecule has 4 nitrogen and oxygen atoms in total. The van der Waals surface area contributed by atoms with Gasteiger partial charge in [-0.1, -0.05) is 0 Å². The minimum Gasteiger partial charge on any atom is -0.422 e. The van der Waals surface area contributed by atoms with Crippen molar-refractivity contribution in [2.24, 2.45) is 7.05 Å². The lowest BCUT2D eigenvalue weighted by atomic mass is 9.86. The second-order valence-electron chi connectivity index (χ2n) is 1.89. The Labute approximate surface area is 57.1 Å². The van der Waals surface area contributed by atoms with E-state index in [2.05, 4.69) is 5.10 Å². The lowest BCUT2D eigenvalue weighted by Crippen LogP contribution is -2.35. The lowest BCUT2D eigenvalue weighted by Gasteiger charge is -1.95. The molecule has 0 saturated carbocycles. The molecule has 0 amide bonds. The van der Waals surface area contributed by atoms with Crippen LogP contribution in [0.1, 0.15) is 0 Å².